The van der Waals surface area contributed by atoms with Crippen molar-refractivity contribution in [3.63, 3.8) is 0 Å². The number of nitrogens with two attached hydrogens (primary N) is 2. The summed E-state index contributed by atoms with van der Waals surface area (Å²) in [7, 11) is 0. The van der Waals surface area contributed by atoms with Crippen LogP contribution in [0.25, 0.3) is 5.57 Å². The Morgan fingerprint density at radius 3 is 1.99 bits per heavy atom. The summed E-state index contributed by atoms with van der Waals surface area (Å²) in [6.07, 6.45) is 40.7. The third-order valence-electron chi connectivity index (χ3n) is 9.59. The van der Waals surface area contributed by atoms with Crippen molar-refractivity contribution in [2.75, 3.05) is 5.73 Å². The minimum Gasteiger partial charge on any atom is -0.512 e. The van der Waals surface area contributed by atoms with E-state index < -0.39 is 23.0 Å². The van der Waals surface area contributed by atoms with Crippen molar-refractivity contribution in [2.24, 2.45) is 5.73 Å². The molecule has 0 atom stereocenters. The minimum atomic E-state index is -1.04. The van der Waals surface area contributed by atoms with Crippen LogP contribution in [0.1, 0.15) is 51.7 Å². The molecule has 0 aliphatic heterocycles. The molecule has 0 bridgehead atoms. The molecule has 0 saturated carbocycles. The van der Waals surface area contributed by atoms with Gasteiger partial charge in [-0.05, 0) is 145 Å². The van der Waals surface area contributed by atoms with E-state index in [1.807, 2.05) is 123 Å². The van der Waals surface area contributed by atoms with Gasteiger partial charge < -0.3 is 42.3 Å². The van der Waals surface area contributed by atoms with Gasteiger partial charge in [0.1, 0.15) is 6.26 Å². The highest BCUT2D eigenvalue weighted by atomic mass is 16.4. The topological polar surface area (TPSA) is 165 Å². The zero-order valence-corrected chi connectivity index (χ0v) is 39.5. The van der Waals surface area contributed by atoms with Crippen LogP contribution < -0.4 is 16.8 Å². The van der Waals surface area contributed by atoms with Crippen LogP contribution >= 0.6 is 0 Å². The number of nitrogens with one attached hydrogen (secondary N) is 1. The van der Waals surface area contributed by atoms with Gasteiger partial charge in [0.05, 0.1) is 0 Å². The van der Waals surface area contributed by atoms with Gasteiger partial charge >= 0.3 is 0 Å². The number of nitrogen functional groups attached to an aromatic ring is 1. The van der Waals surface area contributed by atoms with Crippen LogP contribution in [0, 0.1) is 0 Å². The lowest BCUT2D eigenvalue weighted by Gasteiger charge is -2.18. The molecule has 0 radical (unpaired) electrons. The molecule has 0 unspecified atom stereocenters. The average molecular weight is 900 g/mol. The number of allylic oxidation sites excluding steroid dienone is 26. The van der Waals surface area contributed by atoms with Crippen molar-refractivity contribution in [1.29, 1.82) is 0 Å². The van der Waals surface area contributed by atoms with Gasteiger partial charge in [-0.25, -0.2) is 0 Å². The summed E-state index contributed by atoms with van der Waals surface area (Å²) < 4.78 is 0. The first kappa shape index (κ1) is 56.7. The predicted octanol–water partition coefficient (Wildman–Crippen LogP) is 14.9. The number of rotatable bonds is 17. The minimum absolute atomic E-state index is 0.161. The molecule has 8 heteroatoms. The molecule has 350 valence electrons. The van der Waals surface area contributed by atoms with Crippen LogP contribution in [0.5, 0.6) is 0 Å². The summed E-state index contributed by atoms with van der Waals surface area (Å²) in [5, 5.41) is 45.7. The fourth-order valence-corrected chi connectivity index (χ4v) is 6.11. The van der Waals surface area contributed by atoms with E-state index in [0.717, 1.165) is 69.8 Å². The smallest absolute Gasteiger partial charge is 0.207 e. The van der Waals surface area contributed by atoms with Gasteiger partial charge in [-0.3, -0.25) is 0 Å². The molecule has 0 heterocycles. The SMILES string of the molecule is C=C(O)/C(O)=C(O)\C(O)=C/O.C=CC1=C(/C=C\C)Cc2ccccc21.C=C\C=C/C(=C(\C)C1=C(N)C=CCC1)C(/C=C\N/C(C=C)=C/C=C\C)=C/C(=C)C(=C)/C=C\C=C/C.Nc1ccccc1. The highest BCUT2D eigenvalue weighted by Gasteiger charge is 2.17. The fourth-order valence-electron chi connectivity index (χ4n) is 6.11. The number of aliphatic hydroxyl groups excluding tert-OH is 5. The first-order chi connectivity index (χ1) is 32.1. The van der Waals surface area contributed by atoms with E-state index in [4.69, 9.17) is 37.0 Å². The molecule has 0 saturated heterocycles. The van der Waals surface area contributed by atoms with E-state index in [1.165, 1.54) is 22.3 Å². The number of anilines is 1. The Bertz CT molecular complexity index is 2500. The van der Waals surface area contributed by atoms with Gasteiger partial charge in [0.2, 0.25) is 11.5 Å². The lowest BCUT2D eigenvalue weighted by atomic mass is 9.88. The van der Waals surface area contributed by atoms with E-state index in [-0.39, 0.29) is 6.26 Å². The number of hydrogen-bond acceptors (Lipinski definition) is 8. The van der Waals surface area contributed by atoms with E-state index in [0.29, 0.717) is 0 Å². The first-order valence-corrected chi connectivity index (χ1v) is 21.5. The summed E-state index contributed by atoms with van der Waals surface area (Å²) >= 11 is 0. The molecule has 0 spiro atoms. The standard InChI is InChI=1S/C33H40N2.C14H14.C6H7N.C6H8O5/c1-8-12-15-18-26(5)27(6)25-29(23-24-35-30(11-4)19-13-9-2)31(20-14-10-3)28(7)32-21-16-17-22-33(32)34;1-3-7-11-10-12-8-5-6-9-14(12)13(11)4-2;7-6-4-2-1-3-5-6;1-3(8)5(10)6(11)4(9)2-7/h8-15,17-20,22-25,35H,3-6,16,21,34H2,1-2,7H3;3-9H,2,10H2,1H3;1-5H,7H2;2,7-11H,1H2/b12-8-,13-9-,18-15-,20-14-,24-23-,29-25+,30-19+,31-28-;7-3-;;4-2+,6-5-. The molecular weight excluding hydrogens is 831 g/mol. The summed E-state index contributed by atoms with van der Waals surface area (Å²) in [6, 6.07) is 18.0. The Morgan fingerprint density at radius 2 is 1.43 bits per heavy atom. The Labute approximate surface area is 399 Å². The molecule has 0 amide bonds. The van der Waals surface area contributed by atoms with Crippen molar-refractivity contribution >= 4 is 11.3 Å². The normalized spacial score (nSPS) is 14.8. The molecular formula is C59H69N3O5. The third kappa shape index (κ3) is 20.4. The van der Waals surface area contributed by atoms with Crippen LogP contribution in [0.4, 0.5) is 5.69 Å². The van der Waals surface area contributed by atoms with Crippen molar-refractivity contribution in [3.05, 3.63) is 300 Å². The van der Waals surface area contributed by atoms with Gasteiger partial charge in [-0.1, -0.05) is 161 Å². The average Bonchev–Trinajstić information content (AvgIpc) is 3.69. The molecule has 4 rings (SSSR count). The van der Waals surface area contributed by atoms with Gasteiger partial charge in [0.25, 0.3) is 0 Å². The monoisotopic (exact) mass is 900 g/mol. The molecule has 2 aromatic rings. The van der Waals surface area contributed by atoms with Gasteiger partial charge in [-0.15, -0.1) is 0 Å². The van der Waals surface area contributed by atoms with Crippen LogP contribution in [0.15, 0.2) is 289 Å². The van der Waals surface area contributed by atoms with E-state index in [9.17, 15) is 0 Å². The van der Waals surface area contributed by atoms with Gasteiger partial charge in [0.15, 0.2) is 11.5 Å². The van der Waals surface area contributed by atoms with Crippen molar-refractivity contribution in [2.45, 2.75) is 47.0 Å². The third-order valence-corrected chi connectivity index (χ3v) is 9.59. The number of benzene rings is 2. The molecule has 0 aromatic heterocycles. The van der Waals surface area contributed by atoms with Crippen LogP contribution in [0.3, 0.4) is 0 Å². The number of para-hydroxylation sites is 1. The number of fused-ring (bicyclic) bond motifs is 1. The van der Waals surface area contributed by atoms with Gasteiger partial charge in [0, 0.05) is 23.3 Å². The first-order valence-electron chi connectivity index (χ1n) is 21.5. The molecule has 2 aromatic carbocycles. The Balaban J connectivity index is 0.000000560. The lowest BCUT2D eigenvalue weighted by Crippen LogP contribution is -2.07. The molecule has 10 N–H and O–H groups in total. The zero-order chi connectivity index (χ0) is 50.1. The van der Waals surface area contributed by atoms with Gasteiger partial charge in [-0.2, -0.15) is 0 Å². The number of hydrogen-bond donors (Lipinski definition) is 8. The highest BCUT2D eigenvalue weighted by Crippen LogP contribution is 2.34. The maximum absolute atomic E-state index is 8.69. The highest BCUT2D eigenvalue weighted by molar-refractivity contribution is 5.84. The lowest BCUT2D eigenvalue weighted by molar-refractivity contribution is 0.254. The van der Waals surface area contributed by atoms with Crippen molar-refractivity contribution in [1.82, 2.24) is 5.32 Å². The quantitative estimate of drug-likeness (QED) is 0.0441. The van der Waals surface area contributed by atoms with Crippen LogP contribution in [-0.4, -0.2) is 25.5 Å². The number of aliphatic hydroxyl groups is 5. The summed E-state index contributed by atoms with van der Waals surface area (Å²) in [4.78, 5) is 0. The maximum atomic E-state index is 8.69. The molecule has 2 aliphatic rings. The van der Waals surface area contributed by atoms with Crippen molar-refractivity contribution < 1.29 is 25.5 Å². The second-order valence-corrected chi connectivity index (χ2v) is 14.4. The van der Waals surface area contributed by atoms with Crippen LogP contribution in [0.2, 0.25) is 0 Å². The predicted molar refractivity (Wildman–Crippen MR) is 288 cm³/mol. The molecule has 67 heavy (non-hydrogen) atoms. The second kappa shape index (κ2) is 32.3. The van der Waals surface area contributed by atoms with E-state index in [2.05, 4.69) is 107 Å². The fraction of sp³-hybridized carbons (Fsp3) is 0.119. The Morgan fingerprint density at radius 1 is 0.761 bits per heavy atom. The molecule has 2 aliphatic carbocycles. The summed E-state index contributed by atoms with van der Waals surface area (Å²) in [6.45, 7) is 31.0. The zero-order valence-electron chi connectivity index (χ0n) is 39.5. The van der Waals surface area contributed by atoms with Crippen molar-refractivity contribution in [3.8, 4) is 0 Å². The molecule has 8 nitrogen and oxygen atoms in total. The maximum Gasteiger partial charge on any atom is 0.207 e. The Hall–Kier alpha value is -8.36. The Kier molecular flexibility index (Phi) is 27.3. The molecule has 0 fully saturated rings. The van der Waals surface area contributed by atoms with Crippen LogP contribution in [-0.2, 0) is 6.42 Å². The largest absolute Gasteiger partial charge is 0.512 e. The van der Waals surface area contributed by atoms with E-state index >= 15 is 0 Å². The van der Waals surface area contributed by atoms with E-state index in [1.54, 1.807) is 12.2 Å². The second-order valence-electron chi connectivity index (χ2n) is 14.4. The summed E-state index contributed by atoms with van der Waals surface area (Å²) in [5.41, 5.74) is 25.6. The summed E-state index contributed by atoms with van der Waals surface area (Å²) in [5.74, 6) is -3.80.